The summed E-state index contributed by atoms with van der Waals surface area (Å²) in [5.74, 6) is -1.73. The van der Waals surface area contributed by atoms with Gasteiger partial charge in [-0.2, -0.15) is 0 Å². The Labute approximate surface area is 150 Å². The first-order valence-corrected chi connectivity index (χ1v) is 9.96. The van der Waals surface area contributed by atoms with Crippen LogP contribution in [0.2, 0.25) is 0 Å². The minimum atomic E-state index is -3.70. The van der Waals surface area contributed by atoms with Gasteiger partial charge in [-0.05, 0) is 37.6 Å². The van der Waals surface area contributed by atoms with Gasteiger partial charge >= 0.3 is 5.97 Å². The molecular weight excluding hydrogens is 362 g/mol. The number of carbonyl (C=O) groups excluding carboxylic acids is 1. The van der Waals surface area contributed by atoms with Crippen LogP contribution in [0.5, 0.6) is 0 Å². The van der Waals surface area contributed by atoms with E-state index in [0.29, 0.717) is 6.42 Å². The third kappa shape index (κ3) is 4.08. The molecule has 2 aromatic rings. The lowest BCUT2D eigenvalue weighted by atomic mass is 9.96. The molecule has 0 spiro atoms. The van der Waals surface area contributed by atoms with Gasteiger partial charge in [-0.15, -0.1) is 11.3 Å². The molecular formula is C17H19NO5S2. The van der Waals surface area contributed by atoms with Crippen LogP contribution < -0.4 is 5.32 Å². The molecule has 1 atom stereocenters. The van der Waals surface area contributed by atoms with E-state index in [1.807, 2.05) is 6.92 Å². The summed E-state index contributed by atoms with van der Waals surface area (Å²) in [6, 6.07) is 10.7. The van der Waals surface area contributed by atoms with E-state index < -0.39 is 27.3 Å². The fraction of sp³-hybridized carbons (Fsp3) is 0.294. The Kier molecular flexibility index (Phi) is 5.64. The molecule has 0 bridgehead atoms. The number of rotatable bonds is 7. The fourth-order valence-corrected chi connectivity index (χ4v) is 4.96. The molecule has 1 aromatic heterocycles. The minimum absolute atomic E-state index is 0.0383. The number of benzene rings is 1. The van der Waals surface area contributed by atoms with Crippen LogP contribution >= 0.6 is 11.3 Å². The summed E-state index contributed by atoms with van der Waals surface area (Å²) in [4.78, 5) is 24.1. The fourth-order valence-electron chi connectivity index (χ4n) is 2.34. The van der Waals surface area contributed by atoms with Gasteiger partial charge in [0, 0.05) is 0 Å². The number of hydrogen-bond donors (Lipinski definition) is 2. The van der Waals surface area contributed by atoms with E-state index in [0.717, 1.165) is 11.3 Å². The van der Waals surface area contributed by atoms with Crippen LogP contribution in [0.25, 0.3) is 0 Å². The van der Waals surface area contributed by atoms with Crippen molar-refractivity contribution in [2.75, 3.05) is 0 Å². The molecule has 0 aliphatic rings. The number of carbonyl (C=O) groups is 2. The van der Waals surface area contributed by atoms with E-state index in [1.54, 1.807) is 18.2 Å². The molecule has 6 nitrogen and oxygen atoms in total. The van der Waals surface area contributed by atoms with Gasteiger partial charge in [0.1, 0.15) is 9.75 Å². The van der Waals surface area contributed by atoms with Crippen LogP contribution in [0.3, 0.4) is 0 Å². The van der Waals surface area contributed by atoms with E-state index in [4.69, 9.17) is 0 Å². The summed E-state index contributed by atoms with van der Waals surface area (Å²) in [6.07, 6.45) is 0.857. The average Bonchev–Trinajstić information content (AvgIpc) is 3.06. The first-order chi connectivity index (χ1) is 11.7. The van der Waals surface area contributed by atoms with E-state index in [2.05, 4.69) is 5.32 Å². The summed E-state index contributed by atoms with van der Waals surface area (Å²) >= 11 is 0.820. The molecule has 134 valence electrons. The van der Waals surface area contributed by atoms with Gasteiger partial charge in [0.05, 0.1) is 9.77 Å². The van der Waals surface area contributed by atoms with E-state index in [9.17, 15) is 23.1 Å². The highest BCUT2D eigenvalue weighted by Gasteiger charge is 2.34. The number of aliphatic carboxylic acids is 1. The Balaban J connectivity index is 2.26. The highest BCUT2D eigenvalue weighted by atomic mass is 32.2. The van der Waals surface area contributed by atoms with Crippen molar-refractivity contribution in [1.82, 2.24) is 5.32 Å². The number of carboxylic acid groups (broad SMARTS) is 1. The summed E-state index contributed by atoms with van der Waals surface area (Å²) in [6.45, 7) is 3.26. The van der Waals surface area contributed by atoms with Gasteiger partial charge in [-0.3, -0.25) is 4.79 Å². The van der Waals surface area contributed by atoms with Crippen molar-refractivity contribution in [2.24, 2.45) is 0 Å². The summed E-state index contributed by atoms with van der Waals surface area (Å²) in [5, 5.41) is 11.8. The van der Waals surface area contributed by atoms with Gasteiger partial charge in [-0.25, -0.2) is 13.2 Å². The smallest absolute Gasteiger partial charge is 0.329 e. The van der Waals surface area contributed by atoms with Gasteiger partial charge in [0.15, 0.2) is 0 Å². The van der Waals surface area contributed by atoms with Crippen molar-refractivity contribution in [2.45, 2.75) is 41.3 Å². The standard InChI is InChI=1S/C17H19NO5S2/c1-3-11-17(2,16(20)21)18-15(19)13-9-10-14(24-13)25(22,23)12-7-5-4-6-8-12/h4-10H,3,11H2,1-2H3,(H,18,19)(H,20,21). The lowest BCUT2D eigenvalue weighted by Crippen LogP contribution is -2.51. The van der Waals surface area contributed by atoms with Crippen molar-refractivity contribution >= 4 is 33.1 Å². The topological polar surface area (TPSA) is 101 Å². The zero-order chi connectivity index (χ0) is 18.7. The lowest BCUT2D eigenvalue weighted by molar-refractivity contribution is -0.144. The van der Waals surface area contributed by atoms with Gasteiger partial charge in [0.25, 0.3) is 5.91 Å². The van der Waals surface area contributed by atoms with Crippen molar-refractivity contribution in [3.05, 3.63) is 47.3 Å². The quantitative estimate of drug-likeness (QED) is 0.768. The molecule has 0 fully saturated rings. The summed E-state index contributed by atoms with van der Waals surface area (Å²) in [5.41, 5.74) is -1.39. The molecule has 0 aliphatic carbocycles. The molecule has 0 aliphatic heterocycles. The van der Waals surface area contributed by atoms with Gasteiger partial charge in [0.2, 0.25) is 9.84 Å². The molecule has 1 heterocycles. The monoisotopic (exact) mass is 381 g/mol. The van der Waals surface area contributed by atoms with Crippen molar-refractivity contribution in [1.29, 1.82) is 0 Å². The minimum Gasteiger partial charge on any atom is -0.480 e. The Hall–Kier alpha value is -2.19. The molecule has 2 rings (SSSR count). The van der Waals surface area contributed by atoms with Crippen LogP contribution in [-0.4, -0.2) is 30.9 Å². The number of hydrogen-bond acceptors (Lipinski definition) is 5. The third-order valence-corrected chi connectivity index (χ3v) is 7.08. The molecule has 0 saturated carbocycles. The summed E-state index contributed by atoms with van der Waals surface area (Å²) in [7, 11) is -3.70. The zero-order valence-corrected chi connectivity index (χ0v) is 15.5. The van der Waals surface area contributed by atoms with E-state index >= 15 is 0 Å². The predicted octanol–water partition coefficient (Wildman–Crippen LogP) is 2.95. The highest BCUT2D eigenvalue weighted by molar-refractivity contribution is 7.93. The average molecular weight is 381 g/mol. The highest BCUT2D eigenvalue weighted by Crippen LogP contribution is 2.28. The van der Waals surface area contributed by atoms with E-state index in [1.165, 1.54) is 31.2 Å². The zero-order valence-electron chi connectivity index (χ0n) is 13.9. The lowest BCUT2D eigenvalue weighted by Gasteiger charge is -2.25. The van der Waals surface area contributed by atoms with Crippen LogP contribution in [0.4, 0.5) is 0 Å². The SMILES string of the molecule is CCCC(C)(NC(=O)c1ccc(S(=O)(=O)c2ccccc2)s1)C(=O)O. The number of sulfone groups is 1. The maximum atomic E-state index is 12.6. The normalized spacial score (nSPS) is 13.8. The van der Waals surface area contributed by atoms with Crippen LogP contribution in [0.1, 0.15) is 36.4 Å². The predicted molar refractivity (Wildman–Crippen MR) is 94.6 cm³/mol. The molecule has 8 heteroatoms. The van der Waals surface area contributed by atoms with Crippen LogP contribution in [0.15, 0.2) is 51.6 Å². The first kappa shape index (κ1) is 19.1. The Morgan fingerprint density at radius 3 is 2.36 bits per heavy atom. The molecule has 1 amide bonds. The second-order valence-corrected chi connectivity index (χ2v) is 9.04. The second-order valence-electron chi connectivity index (χ2n) is 5.78. The Morgan fingerprint density at radius 2 is 1.80 bits per heavy atom. The van der Waals surface area contributed by atoms with Crippen LogP contribution in [0, 0.1) is 0 Å². The maximum absolute atomic E-state index is 12.6. The molecule has 2 N–H and O–H groups in total. The third-order valence-electron chi connectivity index (χ3n) is 3.73. The number of carboxylic acids is 1. The number of amides is 1. The molecule has 0 radical (unpaired) electrons. The van der Waals surface area contributed by atoms with Gasteiger partial charge < -0.3 is 10.4 Å². The molecule has 1 aromatic carbocycles. The maximum Gasteiger partial charge on any atom is 0.329 e. The number of thiophene rings is 1. The molecule has 0 saturated heterocycles. The van der Waals surface area contributed by atoms with Gasteiger partial charge in [-0.1, -0.05) is 31.5 Å². The molecule has 25 heavy (non-hydrogen) atoms. The summed E-state index contributed by atoms with van der Waals surface area (Å²) < 4.78 is 25.1. The van der Waals surface area contributed by atoms with E-state index in [-0.39, 0.29) is 20.4 Å². The largest absolute Gasteiger partial charge is 0.480 e. The van der Waals surface area contributed by atoms with Crippen molar-refractivity contribution in [3.63, 3.8) is 0 Å². The first-order valence-electron chi connectivity index (χ1n) is 7.66. The van der Waals surface area contributed by atoms with Crippen molar-refractivity contribution in [3.8, 4) is 0 Å². The second kappa shape index (κ2) is 7.37. The Bertz CT molecular complexity index is 873. The van der Waals surface area contributed by atoms with Crippen LogP contribution in [-0.2, 0) is 14.6 Å². The van der Waals surface area contributed by atoms with Crippen molar-refractivity contribution < 1.29 is 23.1 Å². The Morgan fingerprint density at radius 1 is 1.16 bits per heavy atom. The number of nitrogens with one attached hydrogen (secondary N) is 1. The molecule has 1 unspecified atom stereocenters.